The molecule has 116 valence electrons. The van der Waals surface area contributed by atoms with Crippen LogP contribution in [0.25, 0.3) is 0 Å². The van der Waals surface area contributed by atoms with Gasteiger partial charge in [0, 0.05) is 12.6 Å². The lowest BCUT2D eigenvalue weighted by molar-refractivity contribution is 0.0378. The first-order chi connectivity index (χ1) is 9.90. The predicted octanol–water partition coefficient (Wildman–Crippen LogP) is 3.87. The van der Waals surface area contributed by atoms with Crippen molar-refractivity contribution in [3.05, 3.63) is 22.7 Å². The van der Waals surface area contributed by atoms with Gasteiger partial charge in [0.25, 0.3) is 0 Å². The molecule has 1 heterocycles. The summed E-state index contributed by atoms with van der Waals surface area (Å²) in [5.74, 6) is -0.392. The molecular formula is C16H23ClN2O2. The Morgan fingerprint density at radius 2 is 2.14 bits per heavy atom. The Kier molecular flexibility index (Phi) is 4.99. The Bertz CT molecular complexity index is 508. The van der Waals surface area contributed by atoms with Crippen LogP contribution in [-0.4, -0.2) is 24.7 Å². The van der Waals surface area contributed by atoms with Gasteiger partial charge in [-0.2, -0.15) is 0 Å². The minimum Gasteiger partial charge on any atom is -0.459 e. The summed E-state index contributed by atoms with van der Waals surface area (Å²) in [6.45, 7) is 6.75. The molecule has 1 saturated heterocycles. The number of hydrogen-bond donors (Lipinski definition) is 1. The van der Waals surface area contributed by atoms with Crippen LogP contribution in [0.2, 0.25) is 5.02 Å². The van der Waals surface area contributed by atoms with Gasteiger partial charge in [-0.3, -0.25) is 0 Å². The highest BCUT2D eigenvalue weighted by Crippen LogP contribution is 2.37. The predicted molar refractivity (Wildman–Crippen MR) is 87.1 cm³/mol. The maximum absolute atomic E-state index is 12.0. The van der Waals surface area contributed by atoms with Gasteiger partial charge >= 0.3 is 5.97 Å². The van der Waals surface area contributed by atoms with Gasteiger partial charge in [-0.25, -0.2) is 4.79 Å². The van der Waals surface area contributed by atoms with Gasteiger partial charge in [0.15, 0.2) is 0 Å². The molecular weight excluding hydrogens is 288 g/mol. The minimum absolute atomic E-state index is 0.167. The van der Waals surface area contributed by atoms with E-state index in [4.69, 9.17) is 22.1 Å². The number of benzene rings is 1. The average molecular weight is 311 g/mol. The van der Waals surface area contributed by atoms with E-state index in [2.05, 4.69) is 11.8 Å². The zero-order valence-corrected chi connectivity index (χ0v) is 13.6. The molecule has 0 bridgehead atoms. The van der Waals surface area contributed by atoms with Crippen molar-refractivity contribution in [3.8, 4) is 0 Å². The number of hydrogen-bond acceptors (Lipinski definition) is 4. The summed E-state index contributed by atoms with van der Waals surface area (Å²) in [6.07, 6.45) is 3.33. The SMILES string of the molecule is CC(C)OC(=O)c1cc(N)c(N2CCCC[C@@H]2C)c(Cl)c1. The van der Waals surface area contributed by atoms with Gasteiger partial charge in [-0.1, -0.05) is 11.6 Å². The third-order valence-electron chi connectivity index (χ3n) is 3.76. The lowest BCUT2D eigenvalue weighted by Crippen LogP contribution is -2.38. The molecule has 0 saturated carbocycles. The zero-order valence-electron chi connectivity index (χ0n) is 12.9. The molecule has 1 aliphatic heterocycles. The van der Waals surface area contributed by atoms with Crippen molar-refractivity contribution < 1.29 is 9.53 Å². The van der Waals surface area contributed by atoms with E-state index >= 15 is 0 Å². The van der Waals surface area contributed by atoms with Crippen molar-refractivity contribution in [1.29, 1.82) is 0 Å². The van der Waals surface area contributed by atoms with Gasteiger partial charge in [0.2, 0.25) is 0 Å². The normalized spacial score (nSPS) is 18.9. The summed E-state index contributed by atoms with van der Waals surface area (Å²) in [7, 11) is 0. The molecule has 0 spiro atoms. The van der Waals surface area contributed by atoms with Crippen LogP contribution in [-0.2, 0) is 4.74 Å². The van der Waals surface area contributed by atoms with E-state index in [0.29, 0.717) is 22.3 Å². The van der Waals surface area contributed by atoms with Gasteiger partial charge in [-0.05, 0) is 52.2 Å². The molecule has 1 aromatic rings. The summed E-state index contributed by atoms with van der Waals surface area (Å²) in [5, 5.41) is 0.513. The largest absolute Gasteiger partial charge is 0.459 e. The Labute approximate surface area is 131 Å². The Morgan fingerprint density at radius 3 is 2.71 bits per heavy atom. The second-order valence-corrected chi connectivity index (χ2v) is 6.30. The second-order valence-electron chi connectivity index (χ2n) is 5.89. The van der Waals surface area contributed by atoms with Crippen molar-refractivity contribution in [3.63, 3.8) is 0 Å². The number of piperidine rings is 1. The molecule has 2 rings (SSSR count). The molecule has 21 heavy (non-hydrogen) atoms. The molecule has 1 aromatic carbocycles. The molecule has 5 heteroatoms. The molecule has 0 amide bonds. The fraction of sp³-hybridized carbons (Fsp3) is 0.562. The van der Waals surface area contributed by atoms with E-state index in [1.54, 1.807) is 12.1 Å². The first-order valence-corrected chi connectivity index (χ1v) is 7.84. The van der Waals surface area contributed by atoms with E-state index in [0.717, 1.165) is 25.1 Å². The molecule has 0 aromatic heterocycles. The quantitative estimate of drug-likeness (QED) is 0.680. The van der Waals surface area contributed by atoms with Crippen LogP contribution in [0.3, 0.4) is 0 Å². The van der Waals surface area contributed by atoms with E-state index < -0.39 is 5.97 Å². The third kappa shape index (κ3) is 3.62. The number of ether oxygens (including phenoxy) is 1. The fourth-order valence-electron chi connectivity index (χ4n) is 2.75. The first kappa shape index (κ1) is 16.0. The molecule has 2 N–H and O–H groups in total. The van der Waals surface area contributed by atoms with Crippen LogP contribution < -0.4 is 10.6 Å². The van der Waals surface area contributed by atoms with Crippen LogP contribution >= 0.6 is 11.6 Å². The number of nitrogen functional groups attached to an aromatic ring is 1. The van der Waals surface area contributed by atoms with Crippen molar-refractivity contribution >= 4 is 28.9 Å². The van der Waals surface area contributed by atoms with E-state index in [1.165, 1.54) is 6.42 Å². The summed E-state index contributed by atoms with van der Waals surface area (Å²) in [5.41, 5.74) is 7.92. The molecule has 1 aliphatic rings. The molecule has 4 nitrogen and oxygen atoms in total. The smallest absolute Gasteiger partial charge is 0.338 e. The van der Waals surface area contributed by atoms with E-state index in [1.807, 2.05) is 13.8 Å². The summed E-state index contributed by atoms with van der Waals surface area (Å²) in [6, 6.07) is 3.72. The lowest BCUT2D eigenvalue weighted by atomic mass is 10.0. The van der Waals surface area contributed by atoms with Crippen molar-refractivity contribution in [2.45, 2.75) is 52.2 Å². The minimum atomic E-state index is -0.392. The Hall–Kier alpha value is -1.42. The van der Waals surface area contributed by atoms with Crippen LogP contribution in [0.15, 0.2) is 12.1 Å². The van der Waals surface area contributed by atoms with Gasteiger partial charge in [0.1, 0.15) is 0 Å². The van der Waals surface area contributed by atoms with Crippen LogP contribution in [0.5, 0.6) is 0 Å². The molecule has 0 radical (unpaired) electrons. The topological polar surface area (TPSA) is 55.6 Å². The van der Waals surface area contributed by atoms with Crippen LogP contribution in [0, 0.1) is 0 Å². The highest BCUT2D eigenvalue weighted by atomic mass is 35.5. The number of carbonyl (C=O) groups is 1. The Morgan fingerprint density at radius 1 is 1.43 bits per heavy atom. The number of esters is 1. The maximum Gasteiger partial charge on any atom is 0.338 e. The lowest BCUT2D eigenvalue weighted by Gasteiger charge is -2.36. The van der Waals surface area contributed by atoms with E-state index in [9.17, 15) is 4.79 Å². The molecule has 1 fully saturated rings. The summed E-state index contributed by atoms with van der Waals surface area (Å²) >= 11 is 6.38. The number of anilines is 2. The number of carbonyl (C=O) groups excluding carboxylic acids is 1. The molecule has 1 atom stereocenters. The maximum atomic E-state index is 12.0. The number of nitrogens with two attached hydrogens (primary N) is 1. The monoisotopic (exact) mass is 310 g/mol. The highest BCUT2D eigenvalue weighted by molar-refractivity contribution is 6.34. The second kappa shape index (κ2) is 6.56. The summed E-state index contributed by atoms with van der Waals surface area (Å²) < 4.78 is 5.19. The molecule has 0 unspecified atom stereocenters. The number of rotatable bonds is 3. The van der Waals surface area contributed by atoms with Crippen molar-refractivity contribution in [1.82, 2.24) is 0 Å². The van der Waals surface area contributed by atoms with Gasteiger partial charge < -0.3 is 15.4 Å². The number of nitrogens with zero attached hydrogens (tertiary/aromatic N) is 1. The zero-order chi connectivity index (χ0) is 15.6. The highest BCUT2D eigenvalue weighted by Gasteiger charge is 2.24. The fourth-order valence-corrected chi connectivity index (χ4v) is 3.09. The average Bonchev–Trinajstić information content (AvgIpc) is 2.39. The third-order valence-corrected chi connectivity index (χ3v) is 4.05. The molecule has 0 aliphatic carbocycles. The Balaban J connectivity index is 2.31. The number of halogens is 1. The van der Waals surface area contributed by atoms with Gasteiger partial charge in [-0.15, -0.1) is 0 Å². The van der Waals surface area contributed by atoms with Crippen LogP contribution in [0.4, 0.5) is 11.4 Å². The standard InChI is InChI=1S/C16H23ClN2O2/c1-10(2)21-16(20)12-8-13(17)15(14(18)9-12)19-7-5-4-6-11(19)3/h8-11H,4-7,18H2,1-3H3/t11-/m0/s1. The van der Waals surface area contributed by atoms with E-state index in [-0.39, 0.29) is 6.10 Å². The van der Waals surface area contributed by atoms with Gasteiger partial charge in [0.05, 0.1) is 28.1 Å². The van der Waals surface area contributed by atoms with Crippen LogP contribution in [0.1, 0.15) is 50.4 Å². The first-order valence-electron chi connectivity index (χ1n) is 7.46. The van der Waals surface area contributed by atoms with Crippen molar-refractivity contribution in [2.75, 3.05) is 17.2 Å². The van der Waals surface area contributed by atoms with Crippen molar-refractivity contribution in [2.24, 2.45) is 0 Å². The summed E-state index contributed by atoms with van der Waals surface area (Å²) in [4.78, 5) is 14.2.